The van der Waals surface area contributed by atoms with Crippen LogP contribution >= 0.6 is 35.0 Å². The van der Waals surface area contributed by atoms with Gasteiger partial charge < -0.3 is 9.92 Å². The first kappa shape index (κ1) is 20.9. The molecule has 0 atom stereocenters. The van der Waals surface area contributed by atoms with E-state index in [1.807, 2.05) is 12.1 Å². The van der Waals surface area contributed by atoms with E-state index < -0.39 is 10.3 Å². The number of hydrogen-bond acceptors (Lipinski definition) is 4. The maximum absolute atomic E-state index is 11.7. The molecule has 0 saturated heterocycles. The Kier molecular flexibility index (Phi) is 7.92. The van der Waals surface area contributed by atoms with Crippen LogP contribution in [-0.2, 0) is 22.3 Å². The summed E-state index contributed by atoms with van der Waals surface area (Å²) in [4.78, 5) is 0. The van der Waals surface area contributed by atoms with Crippen molar-refractivity contribution >= 4 is 45.3 Å². The van der Waals surface area contributed by atoms with Crippen molar-refractivity contribution in [2.24, 2.45) is 5.73 Å². The molecule has 1 rings (SSSR count). The van der Waals surface area contributed by atoms with E-state index in [4.69, 9.17) is 9.92 Å². The van der Waals surface area contributed by atoms with Gasteiger partial charge in [-0.25, -0.2) is 0 Å². The molecule has 0 bridgehead atoms. The van der Waals surface area contributed by atoms with Crippen LogP contribution in [0.5, 0.6) is 5.75 Å². The Morgan fingerprint density at radius 2 is 1.90 bits per heavy atom. The van der Waals surface area contributed by atoms with Crippen LogP contribution in [0, 0.1) is 3.57 Å². The largest absolute Gasteiger partial charge is 0.382 e. The van der Waals surface area contributed by atoms with Gasteiger partial charge in [0.1, 0.15) is 0 Å². The normalized spacial score (nSPS) is 11.9. The van der Waals surface area contributed by atoms with Crippen molar-refractivity contribution in [2.45, 2.75) is 39.7 Å². The summed E-state index contributed by atoms with van der Waals surface area (Å²) in [5.74, 6) is 0.307. The van der Waals surface area contributed by atoms with Crippen molar-refractivity contribution in [3.63, 3.8) is 0 Å². The summed E-state index contributed by atoms with van der Waals surface area (Å²) in [6.07, 6.45) is 0. The average Bonchev–Trinajstić information content (AvgIpc) is 2.29. The van der Waals surface area contributed by atoms with Gasteiger partial charge >= 0.3 is 10.3 Å². The summed E-state index contributed by atoms with van der Waals surface area (Å²) in [6, 6.07) is 3.83. The highest BCUT2D eigenvalue weighted by atomic mass is 127. The Morgan fingerprint density at radius 3 is 2.33 bits per heavy atom. The molecule has 1 aromatic carbocycles. The summed E-state index contributed by atoms with van der Waals surface area (Å²) in [6.45, 7) is 8.46. The quantitative estimate of drug-likeness (QED) is 0.679. The van der Waals surface area contributed by atoms with Gasteiger partial charge in [-0.3, -0.25) is 0 Å². The molecule has 0 fully saturated rings. The smallest absolute Gasteiger partial charge is 0.369 e. The maximum Gasteiger partial charge on any atom is 0.382 e. The molecule has 0 aliphatic heterocycles. The number of hydrogen-bond donors (Lipinski definition) is 2. The molecule has 3 N–H and O–H groups in total. The zero-order valence-corrected chi connectivity index (χ0v) is 16.4. The van der Waals surface area contributed by atoms with E-state index in [1.165, 1.54) is 0 Å². The zero-order valence-electron chi connectivity index (χ0n) is 12.6. The second-order valence-electron chi connectivity index (χ2n) is 5.44. The Labute approximate surface area is 146 Å². The summed E-state index contributed by atoms with van der Waals surface area (Å²) in [7, 11) is -3.80. The monoisotopic (exact) mass is 448 g/mol. The molecule has 1 aromatic rings. The first-order valence-corrected chi connectivity index (χ1v) is 8.81. The Bertz CT molecular complexity index is 586. The molecule has 0 aromatic heterocycles. The van der Waals surface area contributed by atoms with Gasteiger partial charge in [0.15, 0.2) is 5.75 Å². The molecule has 5 nitrogen and oxygen atoms in total. The van der Waals surface area contributed by atoms with Gasteiger partial charge in [-0.1, -0.05) is 33.8 Å². The molecule has 0 saturated carbocycles. The third-order valence-corrected chi connectivity index (χ3v) is 4.55. The lowest BCUT2D eigenvalue weighted by Gasteiger charge is -2.22. The zero-order chi connectivity index (χ0) is 15.6. The molecule has 0 heterocycles. The fraction of sp³-hybridized carbons (Fsp3) is 0.538. The minimum atomic E-state index is -3.80. The van der Waals surface area contributed by atoms with Crippen LogP contribution < -0.4 is 14.6 Å². The number of nitrogens with two attached hydrogens (primary N) is 1. The molecule has 0 aliphatic carbocycles. The number of benzene rings is 1. The average molecular weight is 449 g/mol. The first-order chi connectivity index (χ1) is 9.10. The predicted octanol–water partition coefficient (Wildman–Crippen LogP) is 2.70. The van der Waals surface area contributed by atoms with E-state index in [-0.39, 0.29) is 30.9 Å². The highest BCUT2D eigenvalue weighted by Crippen LogP contribution is 2.33. The molecule has 0 unspecified atom stereocenters. The third kappa shape index (κ3) is 5.90. The highest BCUT2D eigenvalue weighted by Gasteiger charge is 2.21. The molecule has 0 amide bonds. The standard InChI is InChI=1S/C13H21IN2O3S.ClH/c1-5-16-20(17,18)19-12-9(8-15)6-10(7-11(12)14)13(2,3)4;/h6-7,16H,5,8,15H2,1-4H3;1H. The SMILES string of the molecule is CCNS(=O)(=O)Oc1c(I)cc(C(C)(C)C)cc1CN.Cl. The van der Waals surface area contributed by atoms with Crippen molar-refractivity contribution in [2.75, 3.05) is 6.54 Å². The van der Waals surface area contributed by atoms with Crippen molar-refractivity contribution in [1.82, 2.24) is 4.72 Å². The van der Waals surface area contributed by atoms with Gasteiger partial charge in [0.05, 0.1) is 3.57 Å². The van der Waals surface area contributed by atoms with E-state index in [2.05, 4.69) is 48.1 Å². The minimum absolute atomic E-state index is 0. The van der Waals surface area contributed by atoms with E-state index >= 15 is 0 Å². The lowest BCUT2D eigenvalue weighted by molar-refractivity contribution is 0.468. The Balaban J connectivity index is 0.00000400. The Morgan fingerprint density at radius 1 is 1.33 bits per heavy atom. The van der Waals surface area contributed by atoms with Gasteiger partial charge in [-0.2, -0.15) is 13.1 Å². The van der Waals surface area contributed by atoms with Crippen molar-refractivity contribution < 1.29 is 12.6 Å². The number of nitrogens with one attached hydrogen (secondary N) is 1. The molecular weight excluding hydrogens is 427 g/mol. The molecular formula is C13H22ClIN2O3S. The van der Waals surface area contributed by atoms with Crippen LogP contribution in [0.3, 0.4) is 0 Å². The second-order valence-corrected chi connectivity index (χ2v) is 7.96. The van der Waals surface area contributed by atoms with Crippen LogP contribution in [0.1, 0.15) is 38.8 Å². The van der Waals surface area contributed by atoms with Crippen LogP contribution in [0.4, 0.5) is 0 Å². The molecule has 122 valence electrons. The predicted molar refractivity (Wildman–Crippen MR) is 96.2 cm³/mol. The van der Waals surface area contributed by atoms with Crippen molar-refractivity contribution in [3.8, 4) is 5.75 Å². The maximum atomic E-state index is 11.7. The molecule has 0 radical (unpaired) electrons. The Hall–Kier alpha value is -0.0900. The summed E-state index contributed by atoms with van der Waals surface area (Å²) in [5.41, 5.74) is 7.46. The van der Waals surface area contributed by atoms with Crippen LogP contribution in [0.15, 0.2) is 12.1 Å². The molecule has 8 heteroatoms. The lowest BCUT2D eigenvalue weighted by atomic mass is 9.86. The summed E-state index contributed by atoms with van der Waals surface area (Å²) in [5, 5.41) is 0. The van der Waals surface area contributed by atoms with Gasteiger partial charge in [0.25, 0.3) is 0 Å². The third-order valence-electron chi connectivity index (χ3n) is 2.72. The second kappa shape index (κ2) is 7.96. The fourth-order valence-corrected chi connectivity index (χ4v) is 3.41. The van der Waals surface area contributed by atoms with Crippen LogP contribution in [0.2, 0.25) is 0 Å². The van der Waals surface area contributed by atoms with Crippen molar-refractivity contribution in [1.29, 1.82) is 0 Å². The molecule has 0 aliphatic rings. The van der Waals surface area contributed by atoms with Gasteiger partial charge in [0, 0.05) is 18.7 Å². The lowest BCUT2D eigenvalue weighted by Crippen LogP contribution is -2.29. The molecule has 21 heavy (non-hydrogen) atoms. The van der Waals surface area contributed by atoms with E-state index in [0.717, 1.165) is 9.13 Å². The first-order valence-electron chi connectivity index (χ1n) is 6.32. The highest BCUT2D eigenvalue weighted by molar-refractivity contribution is 14.1. The number of halogens is 2. The van der Waals surface area contributed by atoms with Crippen molar-refractivity contribution in [3.05, 3.63) is 26.8 Å². The van der Waals surface area contributed by atoms with E-state index in [1.54, 1.807) is 6.92 Å². The van der Waals surface area contributed by atoms with E-state index in [0.29, 0.717) is 11.3 Å². The van der Waals surface area contributed by atoms with E-state index in [9.17, 15) is 8.42 Å². The van der Waals surface area contributed by atoms with Gasteiger partial charge in [0.2, 0.25) is 0 Å². The fourth-order valence-electron chi connectivity index (χ4n) is 1.64. The van der Waals surface area contributed by atoms with Gasteiger partial charge in [-0.05, 0) is 39.6 Å². The topological polar surface area (TPSA) is 81.4 Å². The van der Waals surface area contributed by atoms with Gasteiger partial charge in [-0.15, -0.1) is 12.4 Å². The van der Waals surface area contributed by atoms with Crippen LogP contribution in [-0.4, -0.2) is 15.0 Å². The molecule has 0 spiro atoms. The number of rotatable bonds is 5. The minimum Gasteiger partial charge on any atom is -0.369 e. The summed E-state index contributed by atoms with van der Waals surface area (Å²) < 4.78 is 31.6. The van der Waals surface area contributed by atoms with Crippen LogP contribution in [0.25, 0.3) is 0 Å². The summed E-state index contributed by atoms with van der Waals surface area (Å²) >= 11 is 2.07.